The Morgan fingerprint density at radius 1 is 1.57 bits per heavy atom. The van der Waals surface area contributed by atoms with Crippen LogP contribution in [0.3, 0.4) is 0 Å². The highest BCUT2D eigenvalue weighted by Gasteiger charge is 2.07. The molecular weight excluding hydrogens is 174 g/mol. The Labute approximate surface area is 85.3 Å². The quantitative estimate of drug-likeness (QED) is 0.784. The Bertz CT molecular complexity index is 318. The summed E-state index contributed by atoms with van der Waals surface area (Å²) in [5.74, 6) is 0.950. The Kier molecular flexibility index (Phi) is 3.65. The van der Waals surface area contributed by atoms with E-state index in [2.05, 4.69) is 11.6 Å². The predicted molar refractivity (Wildman–Crippen MR) is 61.3 cm³/mol. The van der Waals surface area contributed by atoms with Gasteiger partial charge >= 0.3 is 0 Å². The topological polar surface area (TPSA) is 42.1 Å². The molecule has 0 saturated heterocycles. The lowest BCUT2D eigenvalue weighted by atomic mass is 10.1. The standard InChI is InChI=1S/C11H17N3/c1-9(6-7-12)10-5-4-8-13-11(10)14(2)3/h4-5,8H,1,6-7,12H2,2-3H3. The van der Waals surface area contributed by atoms with Gasteiger partial charge in [0.2, 0.25) is 0 Å². The van der Waals surface area contributed by atoms with Gasteiger partial charge in [0.15, 0.2) is 0 Å². The van der Waals surface area contributed by atoms with E-state index < -0.39 is 0 Å². The van der Waals surface area contributed by atoms with Gasteiger partial charge in [0, 0.05) is 25.9 Å². The molecule has 76 valence electrons. The van der Waals surface area contributed by atoms with Gasteiger partial charge < -0.3 is 10.6 Å². The van der Waals surface area contributed by atoms with Crippen LogP contribution in [0.1, 0.15) is 12.0 Å². The molecule has 0 aliphatic rings. The smallest absolute Gasteiger partial charge is 0.135 e. The van der Waals surface area contributed by atoms with Crippen molar-refractivity contribution in [3.05, 3.63) is 30.5 Å². The molecule has 0 radical (unpaired) electrons. The summed E-state index contributed by atoms with van der Waals surface area (Å²) < 4.78 is 0. The fraction of sp³-hybridized carbons (Fsp3) is 0.364. The third kappa shape index (κ3) is 2.33. The molecule has 3 heteroatoms. The highest BCUT2D eigenvalue weighted by molar-refractivity contribution is 5.72. The van der Waals surface area contributed by atoms with E-state index in [0.717, 1.165) is 23.4 Å². The number of hydrogen-bond donors (Lipinski definition) is 1. The lowest BCUT2D eigenvalue weighted by Gasteiger charge is -2.16. The van der Waals surface area contributed by atoms with E-state index in [9.17, 15) is 0 Å². The molecule has 0 aromatic carbocycles. The van der Waals surface area contributed by atoms with E-state index in [-0.39, 0.29) is 0 Å². The monoisotopic (exact) mass is 191 g/mol. The van der Waals surface area contributed by atoms with Crippen molar-refractivity contribution >= 4 is 11.4 Å². The van der Waals surface area contributed by atoms with Crippen LogP contribution in [0.4, 0.5) is 5.82 Å². The largest absolute Gasteiger partial charge is 0.362 e. The van der Waals surface area contributed by atoms with Crippen molar-refractivity contribution in [1.82, 2.24) is 4.98 Å². The molecule has 0 spiro atoms. The molecule has 0 aliphatic heterocycles. The molecule has 0 aliphatic carbocycles. The Hall–Kier alpha value is -1.35. The van der Waals surface area contributed by atoms with Crippen molar-refractivity contribution in [2.24, 2.45) is 5.73 Å². The summed E-state index contributed by atoms with van der Waals surface area (Å²) in [4.78, 5) is 6.29. The average Bonchev–Trinajstić information content (AvgIpc) is 2.18. The van der Waals surface area contributed by atoms with E-state index in [4.69, 9.17) is 5.73 Å². The van der Waals surface area contributed by atoms with Gasteiger partial charge in [0.05, 0.1) is 0 Å². The summed E-state index contributed by atoms with van der Waals surface area (Å²) in [6, 6.07) is 3.95. The molecular formula is C11H17N3. The summed E-state index contributed by atoms with van der Waals surface area (Å²) in [6.45, 7) is 4.64. The maximum atomic E-state index is 5.50. The van der Waals surface area contributed by atoms with Crippen LogP contribution in [0.15, 0.2) is 24.9 Å². The second kappa shape index (κ2) is 4.77. The molecule has 14 heavy (non-hydrogen) atoms. The van der Waals surface area contributed by atoms with Crippen molar-refractivity contribution < 1.29 is 0 Å². The Morgan fingerprint density at radius 2 is 2.29 bits per heavy atom. The van der Waals surface area contributed by atoms with Crippen LogP contribution in [0.5, 0.6) is 0 Å². The number of hydrogen-bond acceptors (Lipinski definition) is 3. The minimum Gasteiger partial charge on any atom is -0.362 e. The Morgan fingerprint density at radius 3 is 2.86 bits per heavy atom. The summed E-state index contributed by atoms with van der Waals surface area (Å²) in [7, 11) is 3.95. The first kappa shape index (κ1) is 10.7. The van der Waals surface area contributed by atoms with Gasteiger partial charge in [0.1, 0.15) is 5.82 Å². The van der Waals surface area contributed by atoms with Gasteiger partial charge in [-0.1, -0.05) is 6.58 Å². The first-order chi connectivity index (χ1) is 6.66. The third-order valence-corrected chi connectivity index (χ3v) is 2.04. The molecule has 0 bridgehead atoms. The van der Waals surface area contributed by atoms with Gasteiger partial charge in [-0.05, 0) is 30.7 Å². The summed E-state index contributed by atoms with van der Waals surface area (Å²) in [5.41, 5.74) is 7.63. The van der Waals surface area contributed by atoms with Crippen molar-refractivity contribution in [2.75, 3.05) is 25.5 Å². The molecule has 0 saturated carbocycles. The molecule has 1 rings (SSSR count). The first-order valence-corrected chi connectivity index (χ1v) is 4.67. The number of rotatable bonds is 4. The summed E-state index contributed by atoms with van der Waals surface area (Å²) in [5, 5.41) is 0. The van der Waals surface area contributed by atoms with Crippen LogP contribution in [0.2, 0.25) is 0 Å². The van der Waals surface area contributed by atoms with Crippen molar-refractivity contribution in [1.29, 1.82) is 0 Å². The number of nitrogens with two attached hydrogens (primary N) is 1. The molecule has 0 unspecified atom stereocenters. The van der Waals surface area contributed by atoms with Gasteiger partial charge in [-0.15, -0.1) is 0 Å². The van der Waals surface area contributed by atoms with Crippen LogP contribution >= 0.6 is 0 Å². The van der Waals surface area contributed by atoms with Crippen molar-refractivity contribution in [2.45, 2.75) is 6.42 Å². The molecule has 1 heterocycles. The van der Waals surface area contributed by atoms with E-state index in [1.165, 1.54) is 0 Å². The van der Waals surface area contributed by atoms with E-state index >= 15 is 0 Å². The third-order valence-electron chi connectivity index (χ3n) is 2.04. The fourth-order valence-corrected chi connectivity index (χ4v) is 1.34. The van der Waals surface area contributed by atoms with Crippen LogP contribution in [-0.2, 0) is 0 Å². The average molecular weight is 191 g/mol. The predicted octanol–water partition coefficient (Wildman–Crippen LogP) is 1.51. The van der Waals surface area contributed by atoms with Gasteiger partial charge in [-0.2, -0.15) is 0 Å². The van der Waals surface area contributed by atoms with Crippen LogP contribution < -0.4 is 10.6 Å². The molecule has 1 aromatic heterocycles. The second-order valence-electron chi connectivity index (χ2n) is 3.41. The minimum atomic E-state index is 0.626. The van der Waals surface area contributed by atoms with Gasteiger partial charge in [-0.25, -0.2) is 4.98 Å². The van der Waals surface area contributed by atoms with E-state index in [1.54, 1.807) is 6.20 Å². The Balaban J connectivity index is 3.00. The highest BCUT2D eigenvalue weighted by Crippen LogP contribution is 2.23. The number of anilines is 1. The fourth-order valence-electron chi connectivity index (χ4n) is 1.34. The van der Waals surface area contributed by atoms with Gasteiger partial charge in [-0.3, -0.25) is 0 Å². The van der Waals surface area contributed by atoms with Crippen molar-refractivity contribution in [3.63, 3.8) is 0 Å². The van der Waals surface area contributed by atoms with Crippen LogP contribution in [-0.4, -0.2) is 25.6 Å². The number of nitrogens with zero attached hydrogens (tertiary/aromatic N) is 2. The zero-order valence-corrected chi connectivity index (χ0v) is 8.83. The lowest BCUT2D eigenvalue weighted by molar-refractivity contribution is 1.01. The zero-order valence-electron chi connectivity index (χ0n) is 8.83. The second-order valence-corrected chi connectivity index (χ2v) is 3.41. The highest BCUT2D eigenvalue weighted by atomic mass is 15.1. The molecule has 3 nitrogen and oxygen atoms in total. The van der Waals surface area contributed by atoms with E-state index in [0.29, 0.717) is 6.54 Å². The lowest BCUT2D eigenvalue weighted by Crippen LogP contribution is -2.13. The molecule has 0 amide bonds. The SMILES string of the molecule is C=C(CCN)c1cccnc1N(C)C. The van der Waals surface area contributed by atoms with Gasteiger partial charge in [0.25, 0.3) is 0 Å². The summed E-state index contributed by atoms with van der Waals surface area (Å²) in [6.07, 6.45) is 2.60. The molecule has 1 aromatic rings. The maximum absolute atomic E-state index is 5.50. The van der Waals surface area contributed by atoms with Crippen LogP contribution in [0.25, 0.3) is 5.57 Å². The normalized spacial score (nSPS) is 9.93. The van der Waals surface area contributed by atoms with Crippen molar-refractivity contribution in [3.8, 4) is 0 Å². The summed E-state index contributed by atoms with van der Waals surface area (Å²) >= 11 is 0. The number of aromatic nitrogens is 1. The molecule has 2 N–H and O–H groups in total. The maximum Gasteiger partial charge on any atom is 0.135 e. The van der Waals surface area contributed by atoms with E-state index in [1.807, 2.05) is 31.1 Å². The van der Waals surface area contributed by atoms with Crippen LogP contribution in [0, 0.1) is 0 Å². The molecule has 0 atom stereocenters. The first-order valence-electron chi connectivity index (χ1n) is 4.67. The zero-order chi connectivity index (χ0) is 10.6. The molecule has 0 fully saturated rings. The minimum absolute atomic E-state index is 0.626. The number of pyridine rings is 1.